The zero-order valence-electron chi connectivity index (χ0n) is 16.6. The summed E-state index contributed by atoms with van der Waals surface area (Å²) in [5.41, 5.74) is 0.842. The summed E-state index contributed by atoms with van der Waals surface area (Å²) >= 11 is 5.78. The summed E-state index contributed by atoms with van der Waals surface area (Å²) in [7, 11) is 0. The Hall–Kier alpha value is -3.00. The maximum absolute atomic E-state index is 14.4. The number of H-pyrrole nitrogens is 1. The van der Waals surface area contributed by atoms with Crippen molar-refractivity contribution in [1.82, 2.24) is 19.9 Å². The minimum absolute atomic E-state index is 0.00623. The molecule has 1 amide bonds. The number of carbonyl (C=O) groups is 1. The molecule has 0 radical (unpaired) electrons. The smallest absolute Gasteiger partial charge is 0.410 e. The number of amides is 1. The van der Waals surface area contributed by atoms with Crippen LogP contribution in [0.5, 0.6) is 0 Å². The highest BCUT2D eigenvalue weighted by atomic mass is 35.5. The fourth-order valence-corrected chi connectivity index (χ4v) is 5.03. The second-order valence-electron chi connectivity index (χ2n) is 8.08. The zero-order chi connectivity index (χ0) is 21.5. The van der Waals surface area contributed by atoms with Crippen LogP contribution in [0, 0.1) is 5.82 Å². The molecule has 160 valence electrons. The third kappa shape index (κ3) is 3.65. The summed E-state index contributed by atoms with van der Waals surface area (Å²) in [5, 5.41) is 0.155. The number of ether oxygens (including phenoxy) is 1. The van der Waals surface area contributed by atoms with Crippen molar-refractivity contribution < 1.29 is 13.9 Å². The average Bonchev–Trinajstić information content (AvgIpc) is 3.04. The van der Waals surface area contributed by atoms with Crippen LogP contribution in [-0.4, -0.2) is 38.0 Å². The Morgan fingerprint density at radius 2 is 1.94 bits per heavy atom. The van der Waals surface area contributed by atoms with Gasteiger partial charge >= 0.3 is 11.8 Å². The van der Waals surface area contributed by atoms with Crippen LogP contribution in [0.25, 0.3) is 10.9 Å². The quantitative estimate of drug-likeness (QED) is 0.615. The van der Waals surface area contributed by atoms with Gasteiger partial charge in [0.2, 0.25) is 0 Å². The molecule has 2 aliphatic rings. The number of hydrogen-bond donors (Lipinski definition) is 1. The molecule has 2 bridgehead atoms. The molecular formula is C22H20ClFN4O3. The number of benzene rings is 1. The van der Waals surface area contributed by atoms with E-state index in [-0.39, 0.29) is 41.4 Å². The first-order chi connectivity index (χ1) is 15.0. The van der Waals surface area contributed by atoms with E-state index in [1.54, 1.807) is 0 Å². The summed E-state index contributed by atoms with van der Waals surface area (Å²) in [4.78, 5) is 37.2. The lowest BCUT2D eigenvalue weighted by Crippen LogP contribution is -2.46. The Bertz CT molecular complexity index is 1190. The van der Waals surface area contributed by atoms with Crippen molar-refractivity contribution in [1.29, 1.82) is 0 Å². The van der Waals surface area contributed by atoms with Crippen molar-refractivity contribution in [3.8, 4) is 0 Å². The summed E-state index contributed by atoms with van der Waals surface area (Å²) in [6.07, 6.45) is 4.11. The molecule has 7 nitrogen and oxygen atoms in total. The Kier molecular flexibility index (Phi) is 5.09. The minimum Gasteiger partial charge on any atom is -0.445 e. The fraction of sp³-hybridized carbons (Fsp3) is 0.364. The molecule has 2 atom stereocenters. The number of nitrogens with zero attached hydrogens (tertiary/aromatic N) is 3. The lowest BCUT2D eigenvalue weighted by molar-refractivity contribution is 0.0606. The SMILES string of the molecule is O=C(OCc1ccccc1)N1C2CCC1CC(c1nc(=O)[nH]c3c(F)c(Cl)ncc13)C2. The van der Waals surface area contributed by atoms with Gasteiger partial charge in [-0.1, -0.05) is 41.9 Å². The van der Waals surface area contributed by atoms with E-state index >= 15 is 0 Å². The van der Waals surface area contributed by atoms with Gasteiger partial charge in [-0.05, 0) is 31.2 Å². The van der Waals surface area contributed by atoms with E-state index in [0.29, 0.717) is 23.9 Å². The standard InChI is InChI=1S/C22H20ClFN4O3/c23-20-17(24)19-16(10-25-20)18(26-21(29)27-19)13-8-14-6-7-15(9-13)28(14)22(30)31-11-12-4-2-1-3-5-12/h1-5,10,13-15H,6-9,11H2,(H,26,27,29). The molecule has 1 aromatic carbocycles. The Morgan fingerprint density at radius 1 is 1.23 bits per heavy atom. The van der Waals surface area contributed by atoms with Crippen molar-refractivity contribution in [2.75, 3.05) is 0 Å². The average molecular weight is 443 g/mol. The van der Waals surface area contributed by atoms with Crippen LogP contribution < -0.4 is 5.69 Å². The van der Waals surface area contributed by atoms with Gasteiger partial charge in [0, 0.05) is 29.6 Å². The van der Waals surface area contributed by atoms with E-state index in [2.05, 4.69) is 15.0 Å². The Balaban J connectivity index is 1.37. The largest absolute Gasteiger partial charge is 0.445 e. The number of hydrogen-bond acceptors (Lipinski definition) is 5. The first-order valence-corrected chi connectivity index (χ1v) is 10.6. The summed E-state index contributed by atoms with van der Waals surface area (Å²) < 4.78 is 20.0. The highest BCUT2D eigenvalue weighted by Gasteiger charge is 2.45. The first-order valence-electron chi connectivity index (χ1n) is 10.2. The predicted molar refractivity (Wildman–Crippen MR) is 112 cm³/mol. The lowest BCUT2D eigenvalue weighted by atomic mass is 9.87. The number of halogens is 2. The molecule has 31 heavy (non-hydrogen) atoms. The van der Waals surface area contributed by atoms with Crippen molar-refractivity contribution in [3.05, 3.63) is 69.2 Å². The molecule has 0 saturated carbocycles. The molecule has 9 heteroatoms. The van der Waals surface area contributed by atoms with E-state index in [1.807, 2.05) is 35.2 Å². The molecular weight excluding hydrogens is 423 g/mol. The second-order valence-corrected chi connectivity index (χ2v) is 8.44. The minimum atomic E-state index is -0.759. The molecule has 0 aliphatic carbocycles. The van der Waals surface area contributed by atoms with E-state index in [0.717, 1.165) is 18.4 Å². The van der Waals surface area contributed by atoms with Crippen LogP contribution in [0.15, 0.2) is 41.3 Å². The fourth-order valence-electron chi connectivity index (χ4n) is 4.89. The highest BCUT2D eigenvalue weighted by Crippen LogP contribution is 2.44. The van der Waals surface area contributed by atoms with Crippen LogP contribution in [0.2, 0.25) is 5.15 Å². The molecule has 5 rings (SSSR count). The Morgan fingerprint density at radius 3 is 2.65 bits per heavy atom. The maximum atomic E-state index is 14.4. The third-order valence-corrected chi connectivity index (χ3v) is 6.51. The summed E-state index contributed by atoms with van der Waals surface area (Å²) in [6, 6.07) is 9.54. The van der Waals surface area contributed by atoms with E-state index in [9.17, 15) is 14.0 Å². The molecule has 2 fully saturated rings. The lowest BCUT2D eigenvalue weighted by Gasteiger charge is -2.38. The first kappa shape index (κ1) is 19.9. The van der Waals surface area contributed by atoms with Crippen molar-refractivity contribution in [3.63, 3.8) is 0 Å². The molecule has 2 saturated heterocycles. The van der Waals surface area contributed by atoms with E-state index in [4.69, 9.17) is 16.3 Å². The number of aromatic amines is 1. The van der Waals surface area contributed by atoms with Gasteiger partial charge in [-0.2, -0.15) is 4.98 Å². The van der Waals surface area contributed by atoms with Gasteiger partial charge in [-0.3, -0.25) is 0 Å². The van der Waals surface area contributed by atoms with Gasteiger partial charge in [0.05, 0.1) is 11.2 Å². The number of rotatable bonds is 3. The van der Waals surface area contributed by atoms with E-state index < -0.39 is 11.5 Å². The second kappa shape index (κ2) is 7.92. The van der Waals surface area contributed by atoms with E-state index in [1.165, 1.54) is 6.20 Å². The number of pyridine rings is 1. The molecule has 1 N–H and O–H groups in total. The third-order valence-electron chi connectivity index (χ3n) is 6.24. The van der Waals surface area contributed by atoms with Crippen molar-refractivity contribution >= 4 is 28.6 Å². The zero-order valence-corrected chi connectivity index (χ0v) is 17.3. The van der Waals surface area contributed by atoms with Crippen LogP contribution in [0.3, 0.4) is 0 Å². The highest BCUT2D eigenvalue weighted by molar-refractivity contribution is 6.30. The number of fused-ring (bicyclic) bond motifs is 3. The van der Waals surface area contributed by atoms with Gasteiger partial charge in [0.25, 0.3) is 0 Å². The van der Waals surface area contributed by atoms with Gasteiger partial charge in [0.1, 0.15) is 6.61 Å². The number of aromatic nitrogens is 3. The molecule has 2 aromatic heterocycles. The molecule has 2 unspecified atom stereocenters. The van der Waals surface area contributed by atoms with Crippen LogP contribution in [0.4, 0.5) is 9.18 Å². The maximum Gasteiger partial charge on any atom is 0.410 e. The van der Waals surface area contributed by atoms with Gasteiger partial charge in [-0.15, -0.1) is 0 Å². The molecule has 3 aromatic rings. The Labute approximate surface area is 182 Å². The normalized spacial score (nSPS) is 22.6. The van der Waals surface area contributed by atoms with Crippen LogP contribution in [-0.2, 0) is 11.3 Å². The topological polar surface area (TPSA) is 88.2 Å². The van der Waals surface area contributed by atoms with Crippen LogP contribution >= 0.6 is 11.6 Å². The number of nitrogens with one attached hydrogen (secondary N) is 1. The van der Waals surface area contributed by atoms with Gasteiger partial charge in [-0.25, -0.2) is 19.0 Å². The molecule has 2 aliphatic heterocycles. The molecule has 4 heterocycles. The van der Waals surface area contributed by atoms with Gasteiger partial charge < -0.3 is 14.6 Å². The van der Waals surface area contributed by atoms with Crippen molar-refractivity contribution in [2.24, 2.45) is 0 Å². The van der Waals surface area contributed by atoms with Gasteiger partial charge in [0.15, 0.2) is 11.0 Å². The van der Waals surface area contributed by atoms with Crippen LogP contribution in [0.1, 0.15) is 42.9 Å². The van der Waals surface area contributed by atoms with Crippen molar-refractivity contribution in [2.45, 2.75) is 50.3 Å². The molecule has 0 spiro atoms. The summed E-state index contributed by atoms with van der Waals surface area (Å²) in [5.74, 6) is -0.840. The number of piperidine rings is 1. The number of carbonyl (C=O) groups excluding carboxylic acids is 1. The monoisotopic (exact) mass is 442 g/mol. The summed E-state index contributed by atoms with van der Waals surface area (Å²) in [6.45, 7) is 0.227. The predicted octanol–water partition coefficient (Wildman–Crippen LogP) is 4.16.